The van der Waals surface area contributed by atoms with Crippen molar-refractivity contribution in [1.29, 1.82) is 0 Å². The van der Waals surface area contributed by atoms with Gasteiger partial charge in [-0.2, -0.15) is 0 Å². The van der Waals surface area contributed by atoms with E-state index in [2.05, 4.69) is 45.6 Å². The highest BCUT2D eigenvalue weighted by molar-refractivity contribution is 5.97. The molecule has 0 aliphatic rings. The van der Waals surface area contributed by atoms with Crippen molar-refractivity contribution in [2.75, 3.05) is 14.2 Å². The van der Waals surface area contributed by atoms with E-state index in [1.807, 2.05) is 78.9 Å². The van der Waals surface area contributed by atoms with E-state index in [9.17, 15) is 19.2 Å². The molecule has 0 saturated heterocycles. The van der Waals surface area contributed by atoms with Gasteiger partial charge in [0, 0.05) is 52.9 Å². The molecule has 0 aliphatic heterocycles. The molecule has 2 amide bonds. The number of hydrogen-bond donors (Lipinski definition) is 4. The Kier molecular flexibility index (Phi) is 15.9. The zero-order valence-corrected chi connectivity index (χ0v) is 33.0. The van der Waals surface area contributed by atoms with Crippen molar-refractivity contribution in [2.24, 2.45) is 23.3 Å². The molecule has 298 valence electrons. The second-order valence-corrected chi connectivity index (χ2v) is 13.5. The standard InChI is InChI=1S/C23H24N4O3.C23H24N2O3/c1-14(24)17-6-4-5-16(11-17)12-19(23(29)30-3)15(2)27-22(28)18-7-8-20-21(13-18)26-10-9-25-20;1-16(24)20-11-7-10-19(14-20)15-21(23(27)28-3)17(2)25-22(26)13-12-18-8-5-4-6-9-18/h4-11,13,15,19H,1,12,24H2,2-3H3,(H,27,28);4-11,14,17,21H,1,15,24H2,2-3H3,(H,25,26). The van der Waals surface area contributed by atoms with Gasteiger partial charge in [-0.25, -0.2) is 0 Å². The van der Waals surface area contributed by atoms with Gasteiger partial charge in [-0.1, -0.05) is 73.7 Å². The van der Waals surface area contributed by atoms with Crippen LogP contribution in [0.15, 0.2) is 123 Å². The summed E-state index contributed by atoms with van der Waals surface area (Å²) in [5.41, 5.74) is 18.3. The summed E-state index contributed by atoms with van der Waals surface area (Å²) >= 11 is 0. The number of benzene rings is 4. The van der Waals surface area contributed by atoms with E-state index in [0.717, 1.165) is 27.8 Å². The highest BCUT2D eigenvalue weighted by Crippen LogP contribution is 2.20. The van der Waals surface area contributed by atoms with Gasteiger partial charge in [0.2, 0.25) is 0 Å². The van der Waals surface area contributed by atoms with Crippen LogP contribution in [-0.4, -0.2) is 60.0 Å². The SMILES string of the molecule is C=C(N)c1cccc(CC(C(=O)OC)C(C)NC(=O)C#Cc2ccccc2)c1.C=C(N)c1cccc(CC(C(=O)OC)C(C)NC(=O)c2ccc3nccnc3c2)c1. The fraction of sp³-hybridized carbons (Fsp3) is 0.217. The number of aromatic nitrogens is 2. The number of nitrogens with zero attached hydrogens (tertiary/aromatic N) is 2. The molecule has 5 aromatic rings. The minimum Gasteiger partial charge on any atom is -0.469 e. The van der Waals surface area contributed by atoms with Crippen molar-refractivity contribution in [2.45, 2.75) is 38.8 Å². The Labute approximate surface area is 338 Å². The molecule has 12 nitrogen and oxygen atoms in total. The highest BCUT2D eigenvalue weighted by atomic mass is 16.5. The summed E-state index contributed by atoms with van der Waals surface area (Å²) in [6.07, 6.45) is 3.95. The van der Waals surface area contributed by atoms with Gasteiger partial charge in [-0.15, -0.1) is 0 Å². The molecule has 6 N–H and O–H groups in total. The van der Waals surface area contributed by atoms with Crippen molar-refractivity contribution in [3.63, 3.8) is 0 Å². The van der Waals surface area contributed by atoms with Gasteiger partial charge in [-0.3, -0.25) is 29.1 Å². The van der Waals surface area contributed by atoms with Crippen LogP contribution in [0.5, 0.6) is 0 Å². The van der Waals surface area contributed by atoms with Gasteiger partial charge in [-0.05, 0) is 91.4 Å². The van der Waals surface area contributed by atoms with Crippen LogP contribution in [-0.2, 0) is 36.7 Å². The lowest BCUT2D eigenvalue weighted by Crippen LogP contribution is -2.42. The number of ether oxygens (including phenoxy) is 2. The first-order valence-electron chi connectivity index (χ1n) is 18.4. The number of carbonyl (C=O) groups is 4. The second-order valence-electron chi connectivity index (χ2n) is 13.5. The van der Waals surface area contributed by atoms with Crippen LogP contribution >= 0.6 is 0 Å². The molecule has 0 fully saturated rings. The van der Waals surface area contributed by atoms with Gasteiger partial charge in [0.05, 0.1) is 37.1 Å². The maximum atomic E-state index is 12.8. The summed E-state index contributed by atoms with van der Waals surface area (Å²) in [5, 5.41) is 5.67. The second kappa shape index (κ2) is 21.2. The maximum Gasteiger partial charge on any atom is 0.311 e. The first kappa shape index (κ1) is 43.5. The van der Waals surface area contributed by atoms with Gasteiger partial charge >= 0.3 is 11.9 Å². The number of nitrogens with two attached hydrogens (primary N) is 2. The number of amides is 2. The van der Waals surface area contributed by atoms with Crippen molar-refractivity contribution in [3.05, 3.63) is 156 Å². The van der Waals surface area contributed by atoms with Crippen LogP contribution in [0.1, 0.15) is 52.0 Å². The Bertz CT molecular complexity index is 2330. The monoisotopic (exact) mass is 780 g/mol. The number of hydrogen-bond acceptors (Lipinski definition) is 10. The zero-order valence-electron chi connectivity index (χ0n) is 33.0. The molecule has 4 unspecified atom stereocenters. The van der Waals surface area contributed by atoms with E-state index in [1.165, 1.54) is 14.2 Å². The van der Waals surface area contributed by atoms with E-state index in [4.69, 9.17) is 20.9 Å². The van der Waals surface area contributed by atoms with E-state index in [1.54, 1.807) is 44.4 Å². The normalized spacial score (nSPS) is 12.4. The molecule has 4 atom stereocenters. The average molecular weight is 781 g/mol. The Hall–Kier alpha value is -7.26. The Morgan fingerprint density at radius 1 is 0.655 bits per heavy atom. The van der Waals surface area contributed by atoms with Gasteiger partial charge < -0.3 is 31.6 Å². The van der Waals surface area contributed by atoms with E-state index in [-0.39, 0.29) is 5.91 Å². The molecular formula is C46H48N6O6. The third-order valence-corrected chi connectivity index (χ3v) is 9.26. The molecule has 12 heteroatoms. The fourth-order valence-electron chi connectivity index (χ4n) is 6.02. The largest absolute Gasteiger partial charge is 0.469 e. The van der Waals surface area contributed by atoms with E-state index >= 15 is 0 Å². The smallest absolute Gasteiger partial charge is 0.311 e. The van der Waals surface area contributed by atoms with E-state index in [0.29, 0.717) is 40.8 Å². The summed E-state index contributed by atoms with van der Waals surface area (Å²) in [6.45, 7) is 11.0. The Morgan fingerprint density at radius 2 is 1.17 bits per heavy atom. The summed E-state index contributed by atoms with van der Waals surface area (Å²) in [6, 6.07) is 28.4. The minimum absolute atomic E-state index is 0.298. The van der Waals surface area contributed by atoms with Gasteiger partial charge in [0.15, 0.2) is 0 Å². The summed E-state index contributed by atoms with van der Waals surface area (Å²) in [5.74, 6) is 2.67. The lowest BCUT2D eigenvalue weighted by atomic mass is 9.92. The number of esters is 2. The summed E-state index contributed by atoms with van der Waals surface area (Å²) in [4.78, 5) is 58.1. The van der Waals surface area contributed by atoms with Crippen LogP contribution < -0.4 is 22.1 Å². The maximum absolute atomic E-state index is 12.8. The molecule has 0 radical (unpaired) electrons. The molecule has 0 aliphatic carbocycles. The number of methoxy groups -OCH3 is 2. The van der Waals surface area contributed by atoms with Crippen molar-refractivity contribution < 1.29 is 28.7 Å². The first-order valence-corrected chi connectivity index (χ1v) is 18.4. The third kappa shape index (κ3) is 12.6. The van der Waals surface area contributed by atoms with Crippen LogP contribution in [0, 0.1) is 23.7 Å². The minimum atomic E-state index is -0.569. The summed E-state index contributed by atoms with van der Waals surface area (Å²) in [7, 11) is 2.67. The van der Waals surface area contributed by atoms with Crippen molar-refractivity contribution >= 4 is 46.2 Å². The lowest BCUT2D eigenvalue weighted by Gasteiger charge is -2.23. The van der Waals surface area contributed by atoms with Crippen molar-refractivity contribution in [3.8, 4) is 11.8 Å². The molecule has 0 spiro atoms. The third-order valence-electron chi connectivity index (χ3n) is 9.26. The molecule has 5 rings (SSSR count). The Morgan fingerprint density at radius 3 is 1.69 bits per heavy atom. The Balaban J connectivity index is 0.000000257. The molecule has 58 heavy (non-hydrogen) atoms. The first-order chi connectivity index (χ1) is 27.8. The molecule has 1 aromatic heterocycles. The molecule has 0 saturated carbocycles. The van der Waals surface area contributed by atoms with Crippen LogP contribution in [0.4, 0.5) is 0 Å². The van der Waals surface area contributed by atoms with Gasteiger partial charge in [0.1, 0.15) is 0 Å². The average Bonchev–Trinajstić information content (AvgIpc) is 3.23. The van der Waals surface area contributed by atoms with Crippen molar-refractivity contribution in [1.82, 2.24) is 20.6 Å². The number of rotatable bonds is 13. The molecule has 0 bridgehead atoms. The number of carbonyl (C=O) groups excluding carboxylic acids is 4. The molecule has 1 heterocycles. The van der Waals surface area contributed by atoms with Crippen LogP contribution in [0.25, 0.3) is 22.4 Å². The highest BCUT2D eigenvalue weighted by Gasteiger charge is 2.29. The lowest BCUT2D eigenvalue weighted by molar-refractivity contribution is -0.147. The topological polar surface area (TPSA) is 189 Å². The van der Waals surface area contributed by atoms with Gasteiger partial charge in [0.25, 0.3) is 11.8 Å². The van der Waals surface area contributed by atoms with E-state index < -0.39 is 41.8 Å². The molecule has 4 aromatic carbocycles. The van der Waals surface area contributed by atoms with Crippen LogP contribution in [0.2, 0.25) is 0 Å². The number of fused-ring (bicyclic) bond motifs is 1. The predicted molar refractivity (Wildman–Crippen MR) is 225 cm³/mol. The van der Waals surface area contributed by atoms with Crippen LogP contribution in [0.3, 0.4) is 0 Å². The predicted octanol–water partition coefficient (Wildman–Crippen LogP) is 5.21. The molecular weight excluding hydrogens is 733 g/mol. The quantitative estimate of drug-likeness (QED) is 0.0912. The summed E-state index contributed by atoms with van der Waals surface area (Å²) < 4.78 is 9.90. The fourth-order valence-corrected chi connectivity index (χ4v) is 6.02. The number of nitrogens with one attached hydrogen (secondary N) is 2. The zero-order chi connectivity index (χ0) is 42.2.